The Morgan fingerprint density at radius 2 is 1.89 bits per heavy atom. The van der Waals surface area contributed by atoms with Gasteiger partial charge in [0.25, 0.3) is 5.92 Å². The van der Waals surface area contributed by atoms with E-state index in [-0.39, 0.29) is 11.6 Å². The maximum absolute atomic E-state index is 14.6. The summed E-state index contributed by atoms with van der Waals surface area (Å²) in [4.78, 5) is 17.1. The van der Waals surface area contributed by atoms with Crippen LogP contribution < -0.4 is 5.32 Å². The molecule has 0 spiro atoms. The largest absolute Gasteiger partial charge is 0.325 e. The maximum atomic E-state index is 14.6. The Hall–Kier alpha value is -4.08. The Balaban J connectivity index is 1.48. The van der Waals surface area contributed by atoms with Gasteiger partial charge in [-0.25, -0.2) is 9.49 Å². The average molecular weight is 478 g/mol. The number of aryl methyl sites for hydroxylation is 1. The Morgan fingerprint density at radius 1 is 1.09 bits per heavy atom. The Labute approximate surface area is 198 Å². The van der Waals surface area contributed by atoms with E-state index in [9.17, 15) is 18.0 Å². The molecule has 4 aromatic rings. The summed E-state index contributed by atoms with van der Waals surface area (Å²) in [5.41, 5.74) is 2.13. The average Bonchev–Trinajstić information content (AvgIpc) is 3.43. The van der Waals surface area contributed by atoms with Crippen molar-refractivity contribution in [3.8, 4) is 22.5 Å². The molecule has 0 aliphatic heterocycles. The Bertz CT molecular complexity index is 1390. The molecule has 1 fully saturated rings. The van der Waals surface area contributed by atoms with Gasteiger partial charge in [-0.1, -0.05) is 24.3 Å². The number of tetrazole rings is 1. The van der Waals surface area contributed by atoms with Gasteiger partial charge in [0.2, 0.25) is 5.91 Å². The van der Waals surface area contributed by atoms with E-state index in [0.29, 0.717) is 46.6 Å². The van der Waals surface area contributed by atoms with Crippen LogP contribution in [0.1, 0.15) is 36.6 Å². The van der Waals surface area contributed by atoms with Gasteiger partial charge in [0.15, 0.2) is 5.82 Å². The molecule has 2 N–H and O–H groups in total. The number of carbonyl (C=O) groups is 1. The summed E-state index contributed by atoms with van der Waals surface area (Å²) in [6.07, 6.45) is 2.46. The molecule has 10 heteroatoms. The summed E-state index contributed by atoms with van der Waals surface area (Å²) >= 11 is 0. The molecule has 0 bridgehead atoms. The highest BCUT2D eigenvalue weighted by Crippen LogP contribution is 2.50. The lowest BCUT2D eigenvalue weighted by atomic mass is 9.93. The third-order valence-electron chi connectivity index (χ3n) is 6.23. The first-order chi connectivity index (χ1) is 16.7. The predicted molar refractivity (Wildman–Crippen MR) is 123 cm³/mol. The van der Waals surface area contributed by atoms with Gasteiger partial charge < -0.3 is 5.32 Å². The van der Waals surface area contributed by atoms with Crippen LogP contribution in [-0.4, -0.2) is 31.5 Å². The number of hydrogen-bond acceptors (Lipinski definition) is 5. The van der Waals surface area contributed by atoms with E-state index >= 15 is 0 Å². The number of aromatic nitrogens is 5. The van der Waals surface area contributed by atoms with Gasteiger partial charge in [-0.15, -0.1) is 5.10 Å². The molecule has 0 unspecified atom stereocenters. The number of nitrogens with zero attached hydrogens (tertiary/aromatic N) is 4. The summed E-state index contributed by atoms with van der Waals surface area (Å²) in [6, 6.07) is 12.8. The van der Waals surface area contributed by atoms with Crippen molar-refractivity contribution in [2.45, 2.75) is 38.0 Å². The fourth-order valence-electron chi connectivity index (χ4n) is 4.16. The molecule has 0 radical (unpaired) electrons. The molecule has 35 heavy (non-hydrogen) atoms. The first-order valence-corrected chi connectivity index (χ1v) is 11.0. The summed E-state index contributed by atoms with van der Waals surface area (Å²) < 4.78 is 41.8. The number of carbonyl (C=O) groups excluding carboxylic acids is 1. The van der Waals surface area contributed by atoms with Crippen molar-refractivity contribution in [1.82, 2.24) is 25.6 Å². The number of alkyl halides is 2. The molecule has 178 valence electrons. The third kappa shape index (κ3) is 4.27. The molecule has 7 nitrogen and oxygen atoms in total. The van der Waals surface area contributed by atoms with Gasteiger partial charge >= 0.3 is 0 Å². The van der Waals surface area contributed by atoms with Gasteiger partial charge in [-0.2, -0.15) is 8.78 Å². The minimum absolute atomic E-state index is 0.300. The normalized spacial score (nSPS) is 14.5. The summed E-state index contributed by atoms with van der Waals surface area (Å²) in [5, 5.41) is 16.8. The highest BCUT2D eigenvalue weighted by molar-refractivity contribution is 6.02. The topological polar surface area (TPSA) is 96.5 Å². The second kappa shape index (κ2) is 8.30. The molecule has 1 saturated carbocycles. The molecular formula is C25H21F3N6O. The SMILES string of the molecule is Cc1ccc(C2(C(=O)Nc3ccc(-c4ccc(C(C)(F)F)nc4)c(-c4nnn[nH]4)c3)CC2)c(F)c1. The van der Waals surface area contributed by atoms with Crippen LogP contribution in [0.3, 0.4) is 0 Å². The van der Waals surface area contributed by atoms with Crippen LogP contribution in [0.15, 0.2) is 54.7 Å². The smallest absolute Gasteiger partial charge is 0.286 e. The number of amides is 1. The van der Waals surface area contributed by atoms with Gasteiger partial charge in [-0.05, 0) is 65.6 Å². The lowest BCUT2D eigenvalue weighted by Gasteiger charge is -2.18. The number of rotatable bonds is 6. The van der Waals surface area contributed by atoms with E-state index in [0.717, 1.165) is 12.5 Å². The number of nitrogens with one attached hydrogen (secondary N) is 2. The predicted octanol–water partition coefficient (Wildman–Crippen LogP) is 5.16. The minimum Gasteiger partial charge on any atom is -0.325 e. The van der Waals surface area contributed by atoms with E-state index in [1.165, 1.54) is 18.3 Å². The number of aromatic amines is 1. The zero-order valence-electron chi connectivity index (χ0n) is 18.9. The van der Waals surface area contributed by atoms with Crippen molar-refractivity contribution in [1.29, 1.82) is 0 Å². The first-order valence-electron chi connectivity index (χ1n) is 11.0. The molecule has 5 rings (SSSR count). The maximum Gasteiger partial charge on any atom is 0.286 e. The molecule has 2 aromatic carbocycles. The van der Waals surface area contributed by atoms with Crippen molar-refractivity contribution in [3.63, 3.8) is 0 Å². The van der Waals surface area contributed by atoms with Crippen LogP contribution in [-0.2, 0) is 16.1 Å². The Morgan fingerprint density at radius 3 is 2.49 bits per heavy atom. The van der Waals surface area contributed by atoms with E-state index in [2.05, 4.69) is 30.9 Å². The van der Waals surface area contributed by atoms with E-state index in [1.807, 2.05) is 0 Å². The molecular weight excluding hydrogens is 457 g/mol. The van der Waals surface area contributed by atoms with Crippen LogP contribution in [0.5, 0.6) is 0 Å². The minimum atomic E-state index is -3.06. The molecule has 2 heterocycles. The highest BCUT2D eigenvalue weighted by atomic mass is 19.3. The van der Waals surface area contributed by atoms with Crippen molar-refractivity contribution in [2.75, 3.05) is 5.32 Å². The summed E-state index contributed by atoms with van der Waals surface area (Å²) in [7, 11) is 0. The number of hydrogen-bond donors (Lipinski definition) is 2. The van der Waals surface area contributed by atoms with Crippen LogP contribution in [0.2, 0.25) is 0 Å². The fraction of sp³-hybridized carbons (Fsp3) is 0.240. The van der Waals surface area contributed by atoms with Crippen LogP contribution in [0.25, 0.3) is 22.5 Å². The van der Waals surface area contributed by atoms with E-state index in [1.54, 1.807) is 43.3 Å². The van der Waals surface area contributed by atoms with Crippen LogP contribution in [0.4, 0.5) is 18.9 Å². The van der Waals surface area contributed by atoms with Crippen molar-refractivity contribution >= 4 is 11.6 Å². The number of pyridine rings is 1. The van der Waals surface area contributed by atoms with Crippen molar-refractivity contribution in [2.24, 2.45) is 0 Å². The van der Waals surface area contributed by atoms with Gasteiger partial charge in [0, 0.05) is 35.5 Å². The number of H-pyrrole nitrogens is 1. The molecule has 0 atom stereocenters. The molecule has 1 amide bonds. The van der Waals surface area contributed by atoms with Crippen molar-refractivity contribution < 1.29 is 18.0 Å². The second-order valence-corrected chi connectivity index (χ2v) is 8.85. The molecule has 0 saturated heterocycles. The molecule has 1 aliphatic carbocycles. The zero-order valence-corrected chi connectivity index (χ0v) is 18.9. The van der Waals surface area contributed by atoms with Crippen molar-refractivity contribution in [3.05, 3.63) is 77.4 Å². The number of halogens is 3. The number of benzene rings is 2. The lowest BCUT2D eigenvalue weighted by Crippen LogP contribution is -2.28. The van der Waals surface area contributed by atoms with Gasteiger partial charge in [0.1, 0.15) is 11.5 Å². The third-order valence-corrected chi connectivity index (χ3v) is 6.23. The molecule has 1 aliphatic rings. The Kier molecular flexibility index (Phi) is 5.38. The summed E-state index contributed by atoms with van der Waals surface area (Å²) in [5.74, 6) is -3.42. The van der Waals surface area contributed by atoms with E-state index < -0.39 is 17.2 Å². The number of anilines is 1. The highest BCUT2D eigenvalue weighted by Gasteiger charge is 2.52. The van der Waals surface area contributed by atoms with Crippen LogP contribution >= 0.6 is 0 Å². The lowest BCUT2D eigenvalue weighted by molar-refractivity contribution is -0.118. The standard InChI is InChI=1S/C25H21F3N6O/c1-14-3-7-19(20(26)11-14)25(9-10-25)23(35)30-16-5-6-17(18(12-16)22-31-33-34-32-22)15-4-8-21(29-13-15)24(2,27)28/h3-8,11-13H,9-10H2,1-2H3,(H,30,35)(H,31,32,33,34). The van der Waals surface area contributed by atoms with Crippen LogP contribution in [0, 0.1) is 12.7 Å². The monoisotopic (exact) mass is 478 g/mol. The first kappa shape index (κ1) is 22.7. The molecule has 2 aromatic heterocycles. The van der Waals surface area contributed by atoms with Gasteiger partial charge in [-0.3, -0.25) is 9.78 Å². The zero-order chi connectivity index (χ0) is 24.8. The fourth-order valence-corrected chi connectivity index (χ4v) is 4.16. The van der Waals surface area contributed by atoms with E-state index in [4.69, 9.17) is 0 Å². The summed E-state index contributed by atoms with van der Waals surface area (Å²) in [6.45, 7) is 2.58. The van der Waals surface area contributed by atoms with Gasteiger partial charge in [0.05, 0.1) is 5.41 Å². The quantitative estimate of drug-likeness (QED) is 0.399. The second-order valence-electron chi connectivity index (χ2n) is 8.85.